The molecule has 7 heteroatoms. The van der Waals surface area contributed by atoms with Crippen LogP contribution in [0.2, 0.25) is 5.02 Å². The first-order valence-corrected chi connectivity index (χ1v) is 7.43. The van der Waals surface area contributed by atoms with E-state index < -0.39 is 0 Å². The number of aryl methyl sites for hydroxylation is 1. The summed E-state index contributed by atoms with van der Waals surface area (Å²) >= 11 is 9.47. The Balaban J connectivity index is 2.36. The summed E-state index contributed by atoms with van der Waals surface area (Å²) in [7, 11) is 1.81. The Kier molecular flexibility index (Phi) is 5.12. The first-order valence-electron chi connectivity index (χ1n) is 6.26. The van der Waals surface area contributed by atoms with Crippen LogP contribution in [-0.2, 0) is 13.5 Å². The highest BCUT2D eigenvalue weighted by molar-refractivity contribution is 9.10. The van der Waals surface area contributed by atoms with E-state index in [0.29, 0.717) is 21.6 Å². The molecule has 108 valence electrons. The predicted octanol–water partition coefficient (Wildman–Crippen LogP) is 3.26. The number of likely N-dealkylation sites (N-methyl/N-ethyl adjacent to an activating group) is 1. The molecule has 0 saturated heterocycles. The molecular weight excluding hydrogens is 347 g/mol. The molecule has 4 nitrogen and oxygen atoms in total. The molecule has 0 spiro atoms. The van der Waals surface area contributed by atoms with Crippen molar-refractivity contribution in [2.45, 2.75) is 19.4 Å². The van der Waals surface area contributed by atoms with Crippen LogP contribution in [0.15, 0.2) is 22.8 Å². The van der Waals surface area contributed by atoms with Crippen LogP contribution in [0, 0.1) is 5.82 Å². The summed E-state index contributed by atoms with van der Waals surface area (Å²) in [6.45, 7) is 2.74. The highest BCUT2D eigenvalue weighted by Crippen LogP contribution is 2.28. The van der Waals surface area contributed by atoms with E-state index in [1.165, 1.54) is 6.07 Å². The van der Waals surface area contributed by atoms with Gasteiger partial charge in [-0.05, 0) is 41.0 Å². The van der Waals surface area contributed by atoms with Gasteiger partial charge in [0.1, 0.15) is 5.82 Å². The number of halogens is 3. The van der Waals surface area contributed by atoms with Crippen LogP contribution in [0.5, 0.6) is 0 Å². The fourth-order valence-electron chi connectivity index (χ4n) is 2.15. The van der Waals surface area contributed by atoms with Gasteiger partial charge in [0.05, 0.1) is 11.7 Å². The van der Waals surface area contributed by atoms with Crippen molar-refractivity contribution >= 4 is 27.5 Å². The fourth-order valence-corrected chi connectivity index (χ4v) is 3.00. The molecule has 0 radical (unpaired) electrons. The second-order valence-electron chi connectivity index (χ2n) is 4.40. The molecule has 0 fully saturated rings. The van der Waals surface area contributed by atoms with Gasteiger partial charge in [0.15, 0.2) is 4.60 Å². The number of hydrogen-bond acceptors (Lipinski definition) is 3. The van der Waals surface area contributed by atoms with Gasteiger partial charge in [0.2, 0.25) is 0 Å². The Morgan fingerprint density at radius 2 is 2.25 bits per heavy atom. The summed E-state index contributed by atoms with van der Waals surface area (Å²) in [5.74, 6) is -0.299. The fraction of sp³-hybridized carbons (Fsp3) is 0.385. The van der Waals surface area contributed by atoms with Gasteiger partial charge in [-0.2, -0.15) is 0 Å². The van der Waals surface area contributed by atoms with Gasteiger partial charge >= 0.3 is 0 Å². The third kappa shape index (κ3) is 3.19. The molecule has 1 aromatic carbocycles. The van der Waals surface area contributed by atoms with Crippen molar-refractivity contribution in [3.63, 3.8) is 0 Å². The Morgan fingerprint density at radius 1 is 1.50 bits per heavy atom. The summed E-state index contributed by atoms with van der Waals surface area (Å²) in [6.07, 6.45) is 0.430. The average molecular weight is 362 g/mol. The van der Waals surface area contributed by atoms with E-state index >= 15 is 0 Å². The van der Waals surface area contributed by atoms with Gasteiger partial charge in [0, 0.05) is 17.6 Å². The highest BCUT2D eigenvalue weighted by Gasteiger charge is 2.22. The third-order valence-corrected chi connectivity index (χ3v) is 4.00. The molecular formula is C13H15BrClFN4. The van der Waals surface area contributed by atoms with Crippen LogP contribution in [0.3, 0.4) is 0 Å². The van der Waals surface area contributed by atoms with E-state index in [4.69, 9.17) is 11.6 Å². The minimum Gasteiger partial charge on any atom is -0.309 e. The maximum absolute atomic E-state index is 13.9. The lowest BCUT2D eigenvalue weighted by molar-refractivity contribution is 0.492. The zero-order valence-electron chi connectivity index (χ0n) is 11.2. The lowest BCUT2D eigenvalue weighted by Crippen LogP contribution is -2.26. The minimum atomic E-state index is -0.299. The number of nitrogens with one attached hydrogen (secondary N) is 1. The first-order chi connectivity index (χ1) is 9.54. The zero-order chi connectivity index (χ0) is 14.7. The highest BCUT2D eigenvalue weighted by atomic mass is 79.9. The van der Waals surface area contributed by atoms with Crippen molar-refractivity contribution in [3.05, 3.63) is 44.9 Å². The molecule has 0 aliphatic heterocycles. The molecule has 0 saturated carbocycles. The van der Waals surface area contributed by atoms with Crippen molar-refractivity contribution in [1.82, 2.24) is 20.3 Å². The first kappa shape index (κ1) is 15.4. The summed E-state index contributed by atoms with van der Waals surface area (Å²) in [5.41, 5.74) is 1.36. The van der Waals surface area contributed by atoms with Gasteiger partial charge < -0.3 is 5.32 Å². The summed E-state index contributed by atoms with van der Waals surface area (Å²) in [4.78, 5) is 0. The Hall–Kier alpha value is -0.980. The lowest BCUT2D eigenvalue weighted by Gasteiger charge is -2.19. The number of benzene rings is 1. The average Bonchev–Trinajstić information content (AvgIpc) is 2.73. The Labute approximate surface area is 130 Å². The van der Waals surface area contributed by atoms with Crippen LogP contribution >= 0.6 is 27.5 Å². The maximum Gasteiger partial charge on any atom is 0.153 e. The topological polar surface area (TPSA) is 42.7 Å². The van der Waals surface area contributed by atoms with Gasteiger partial charge in [-0.25, -0.2) is 9.07 Å². The second kappa shape index (κ2) is 6.65. The molecule has 2 rings (SSSR count). The molecule has 0 amide bonds. The number of nitrogens with zero attached hydrogens (tertiary/aromatic N) is 3. The smallest absolute Gasteiger partial charge is 0.153 e. The summed E-state index contributed by atoms with van der Waals surface area (Å²) < 4.78 is 16.3. The Bertz CT molecular complexity index is 562. The van der Waals surface area contributed by atoms with Gasteiger partial charge in [-0.1, -0.05) is 29.8 Å². The minimum absolute atomic E-state index is 0.122. The summed E-state index contributed by atoms with van der Waals surface area (Å²) in [6, 6.07) is 4.59. The molecule has 20 heavy (non-hydrogen) atoms. The molecule has 1 unspecified atom stereocenters. The zero-order valence-corrected chi connectivity index (χ0v) is 13.5. The van der Waals surface area contributed by atoms with E-state index in [1.807, 2.05) is 6.92 Å². The standard InChI is InChI=1S/C13H15BrClFN4/c1-3-17-11(12-13(14)18-19-20(12)2)7-8-9(15)5-4-6-10(8)16/h4-6,11,17H,3,7H2,1-2H3. The van der Waals surface area contributed by atoms with Crippen molar-refractivity contribution in [2.75, 3.05) is 6.54 Å². The largest absolute Gasteiger partial charge is 0.309 e. The van der Waals surface area contributed by atoms with Crippen LogP contribution in [0.1, 0.15) is 24.2 Å². The molecule has 1 N–H and O–H groups in total. The van der Waals surface area contributed by atoms with Crippen molar-refractivity contribution in [1.29, 1.82) is 0 Å². The van der Waals surface area contributed by atoms with Gasteiger partial charge in [0.25, 0.3) is 0 Å². The van der Waals surface area contributed by atoms with Gasteiger partial charge in [-0.15, -0.1) is 5.10 Å². The molecule has 1 heterocycles. The summed E-state index contributed by atoms with van der Waals surface area (Å²) in [5, 5.41) is 11.7. The van der Waals surface area contributed by atoms with Crippen molar-refractivity contribution < 1.29 is 4.39 Å². The van der Waals surface area contributed by atoms with Crippen LogP contribution in [0.25, 0.3) is 0 Å². The quantitative estimate of drug-likeness (QED) is 0.889. The molecule has 1 aromatic heterocycles. The van der Waals surface area contributed by atoms with E-state index in [9.17, 15) is 4.39 Å². The SMILES string of the molecule is CCNC(Cc1c(F)cccc1Cl)c1c(Br)nnn1C. The predicted molar refractivity (Wildman–Crippen MR) is 80.2 cm³/mol. The Morgan fingerprint density at radius 3 is 2.80 bits per heavy atom. The third-order valence-electron chi connectivity index (χ3n) is 3.08. The normalized spacial score (nSPS) is 12.7. The van der Waals surface area contributed by atoms with Crippen LogP contribution < -0.4 is 5.32 Å². The maximum atomic E-state index is 13.9. The molecule has 0 bridgehead atoms. The van der Waals surface area contributed by atoms with E-state index in [0.717, 1.165) is 12.2 Å². The molecule has 1 atom stereocenters. The number of hydrogen-bond donors (Lipinski definition) is 1. The molecule has 2 aromatic rings. The van der Waals surface area contributed by atoms with Crippen molar-refractivity contribution in [3.8, 4) is 0 Å². The van der Waals surface area contributed by atoms with Crippen molar-refractivity contribution in [2.24, 2.45) is 7.05 Å². The number of rotatable bonds is 5. The van der Waals surface area contributed by atoms with Crippen LogP contribution in [0.4, 0.5) is 4.39 Å². The van der Waals surface area contributed by atoms with E-state index in [1.54, 1.807) is 23.9 Å². The van der Waals surface area contributed by atoms with E-state index in [-0.39, 0.29) is 11.9 Å². The molecule has 0 aliphatic carbocycles. The monoisotopic (exact) mass is 360 g/mol. The second-order valence-corrected chi connectivity index (χ2v) is 5.56. The number of aromatic nitrogens is 3. The lowest BCUT2D eigenvalue weighted by atomic mass is 10.0. The van der Waals surface area contributed by atoms with Gasteiger partial charge in [-0.3, -0.25) is 0 Å². The van der Waals surface area contributed by atoms with Crippen LogP contribution in [-0.4, -0.2) is 21.5 Å². The van der Waals surface area contributed by atoms with E-state index in [2.05, 4.69) is 31.6 Å². The molecule has 0 aliphatic rings.